The second-order valence-electron chi connectivity index (χ2n) is 4.35. The average Bonchev–Trinajstić information content (AvgIpc) is 3.00. The molecule has 5 heteroatoms. The molecule has 5 nitrogen and oxygen atoms in total. The second-order valence-corrected chi connectivity index (χ2v) is 4.35. The van der Waals surface area contributed by atoms with Crippen LogP contribution in [0.2, 0.25) is 0 Å². The third kappa shape index (κ3) is 1.27. The van der Waals surface area contributed by atoms with Crippen LogP contribution in [0.15, 0.2) is 4.79 Å². The van der Waals surface area contributed by atoms with Crippen molar-refractivity contribution in [1.29, 1.82) is 0 Å². The van der Waals surface area contributed by atoms with Crippen molar-refractivity contribution < 1.29 is 0 Å². The summed E-state index contributed by atoms with van der Waals surface area (Å²) in [5.74, 6) is 1.95. The van der Waals surface area contributed by atoms with Gasteiger partial charge in [0.05, 0.1) is 5.69 Å². The zero-order valence-electron chi connectivity index (χ0n) is 9.45. The van der Waals surface area contributed by atoms with E-state index in [0.29, 0.717) is 11.7 Å². The Kier molecular flexibility index (Phi) is 1.89. The summed E-state index contributed by atoms with van der Waals surface area (Å²) in [6, 6.07) is 0. The van der Waals surface area contributed by atoms with E-state index in [0.717, 1.165) is 23.5 Å². The third-order valence-corrected chi connectivity index (χ3v) is 3.17. The van der Waals surface area contributed by atoms with Crippen LogP contribution in [0.4, 0.5) is 0 Å². The summed E-state index contributed by atoms with van der Waals surface area (Å²) in [6.07, 6.45) is 3.05. The summed E-state index contributed by atoms with van der Waals surface area (Å²) < 4.78 is 1.76. The normalized spacial score (nSPS) is 15.9. The lowest BCUT2D eigenvalue weighted by Gasteiger charge is -2.02. The maximum atomic E-state index is 11.7. The molecule has 0 amide bonds. The molecule has 1 fully saturated rings. The molecule has 2 aromatic rings. The minimum Gasteiger partial charge on any atom is -0.291 e. The minimum absolute atomic E-state index is 0.0396. The molecule has 0 aromatic carbocycles. The van der Waals surface area contributed by atoms with E-state index in [1.165, 1.54) is 12.8 Å². The molecule has 0 unspecified atom stereocenters. The van der Waals surface area contributed by atoms with Gasteiger partial charge in [-0.3, -0.25) is 9.78 Å². The van der Waals surface area contributed by atoms with Crippen LogP contribution in [0.5, 0.6) is 0 Å². The molecule has 1 saturated carbocycles. The fraction of sp³-hybridized carbons (Fsp3) is 0.545. The topological polar surface area (TPSA) is 63.1 Å². The predicted octanol–water partition coefficient (Wildman–Crippen LogP) is 1.17. The Bertz CT molecular complexity index is 606. The first-order valence-electron chi connectivity index (χ1n) is 5.69. The number of hydrogen-bond acceptors (Lipinski definition) is 3. The van der Waals surface area contributed by atoms with E-state index in [-0.39, 0.29) is 5.56 Å². The molecule has 0 saturated heterocycles. The highest BCUT2D eigenvalue weighted by molar-refractivity contribution is 5.33. The quantitative estimate of drug-likeness (QED) is 0.822. The molecule has 2 aromatic heterocycles. The van der Waals surface area contributed by atoms with Gasteiger partial charge < -0.3 is 0 Å². The molecule has 16 heavy (non-hydrogen) atoms. The van der Waals surface area contributed by atoms with Gasteiger partial charge in [0.25, 0.3) is 5.56 Å². The molecular weight excluding hydrogens is 204 g/mol. The van der Waals surface area contributed by atoms with E-state index < -0.39 is 0 Å². The highest BCUT2D eigenvalue weighted by atomic mass is 16.1. The van der Waals surface area contributed by atoms with Gasteiger partial charge in [-0.2, -0.15) is 4.98 Å². The number of nitrogens with one attached hydrogen (secondary N) is 1. The van der Waals surface area contributed by atoms with Crippen LogP contribution in [0.25, 0.3) is 5.78 Å². The molecule has 1 aliphatic carbocycles. The minimum atomic E-state index is -0.0396. The third-order valence-electron chi connectivity index (χ3n) is 3.17. The number of rotatable bonds is 2. The van der Waals surface area contributed by atoms with E-state index >= 15 is 0 Å². The van der Waals surface area contributed by atoms with Gasteiger partial charge in [0.2, 0.25) is 5.78 Å². The number of aromatic nitrogens is 4. The standard InChI is InChI=1S/C11H14N4O/c1-3-8-6(2)15-11(13-10(8)16)12-9(14-15)7-4-5-7/h7H,3-5H2,1-2H3,(H,12,13,14,16). The summed E-state index contributed by atoms with van der Waals surface area (Å²) >= 11 is 0. The number of hydrogen-bond donors (Lipinski definition) is 1. The van der Waals surface area contributed by atoms with Gasteiger partial charge in [-0.05, 0) is 26.2 Å². The summed E-state index contributed by atoms with van der Waals surface area (Å²) in [7, 11) is 0. The van der Waals surface area contributed by atoms with Crippen LogP contribution in [0.3, 0.4) is 0 Å². The Morgan fingerprint density at radius 2 is 2.25 bits per heavy atom. The maximum Gasteiger partial charge on any atom is 0.255 e. The van der Waals surface area contributed by atoms with Crippen molar-refractivity contribution in [2.75, 3.05) is 0 Å². The van der Waals surface area contributed by atoms with Crippen LogP contribution in [-0.2, 0) is 6.42 Å². The highest BCUT2D eigenvalue weighted by Gasteiger charge is 2.28. The van der Waals surface area contributed by atoms with Gasteiger partial charge in [0, 0.05) is 11.5 Å². The Morgan fingerprint density at radius 1 is 1.50 bits per heavy atom. The predicted molar refractivity (Wildman–Crippen MR) is 59.7 cm³/mol. The maximum absolute atomic E-state index is 11.7. The Morgan fingerprint density at radius 3 is 2.88 bits per heavy atom. The molecule has 84 valence electrons. The summed E-state index contributed by atoms with van der Waals surface area (Å²) in [6.45, 7) is 3.90. The Labute approximate surface area is 92.5 Å². The van der Waals surface area contributed by atoms with Crippen LogP contribution < -0.4 is 5.56 Å². The van der Waals surface area contributed by atoms with Crippen molar-refractivity contribution in [2.24, 2.45) is 0 Å². The van der Waals surface area contributed by atoms with Crippen molar-refractivity contribution in [1.82, 2.24) is 19.6 Å². The highest BCUT2D eigenvalue weighted by Crippen LogP contribution is 2.38. The molecule has 0 bridgehead atoms. The molecule has 3 rings (SSSR count). The van der Waals surface area contributed by atoms with Crippen molar-refractivity contribution in [2.45, 2.75) is 39.0 Å². The van der Waals surface area contributed by atoms with Gasteiger partial charge in [0.15, 0.2) is 5.82 Å². The molecular formula is C11H14N4O. The first-order valence-corrected chi connectivity index (χ1v) is 5.69. The first kappa shape index (κ1) is 9.57. The van der Waals surface area contributed by atoms with E-state index in [1.54, 1.807) is 4.52 Å². The zero-order valence-corrected chi connectivity index (χ0v) is 9.45. The fourth-order valence-corrected chi connectivity index (χ4v) is 2.04. The second kappa shape index (κ2) is 3.17. The van der Waals surface area contributed by atoms with Gasteiger partial charge in [-0.25, -0.2) is 4.52 Å². The molecule has 0 radical (unpaired) electrons. The lowest BCUT2D eigenvalue weighted by atomic mass is 10.2. The number of fused-ring (bicyclic) bond motifs is 1. The monoisotopic (exact) mass is 218 g/mol. The van der Waals surface area contributed by atoms with E-state index in [2.05, 4.69) is 15.1 Å². The van der Waals surface area contributed by atoms with Gasteiger partial charge in [-0.15, -0.1) is 5.10 Å². The number of nitrogens with zero attached hydrogens (tertiary/aromatic N) is 3. The largest absolute Gasteiger partial charge is 0.291 e. The summed E-state index contributed by atoms with van der Waals surface area (Å²) in [5, 5.41) is 4.46. The van der Waals surface area contributed by atoms with E-state index in [4.69, 9.17) is 0 Å². The molecule has 1 aliphatic rings. The molecule has 0 atom stereocenters. The van der Waals surface area contributed by atoms with Gasteiger partial charge >= 0.3 is 0 Å². The number of aromatic amines is 1. The number of aryl methyl sites for hydroxylation is 1. The van der Waals surface area contributed by atoms with Crippen LogP contribution >= 0.6 is 0 Å². The van der Waals surface area contributed by atoms with E-state index in [9.17, 15) is 4.79 Å². The average molecular weight is 218 g/mol. The molecule has 0 aliphatic heterocycles. The molecule has 0 spiro atoms. The Hall–Kier alpha value is -1.65. The van der Waals surface area contributed by atoms with Crippen LogP contribution in [-0.4, -0.2) is 19.6 Å². The molecule has 2 heterocycles. The fourth-order valence-electron chi connectivity index (χ4n) is 2.04. The van der Waals surface area contributed by atoms with Crippen molar-refractivity contribution >= 4 is 5.78 Å². The lowest BCUT2D eigenvalue weighted by Crippen LogP contribution is -2.17. The summed E-state index contributed by atoms with van der Waals surface area (Å²) in [4.78, 5) is 18.9. The number of H-pyrrole nitrogens is 1. The Balaban J connectivity index is 2.29. The first-order chi connectivity index (χ1) is 7.70. The van der Waals surface area contributed by atoms with E-state index in [1.807, 2.05) is 13.8 Å². The summed E-state index contributed by atoms with van der Waals surface area (Å²) in [5.41, 5.74) is 1.66. The molecule has 1 N–H and O–H groups in total. The smallest absolute Gasteiger partial charge is 0.255 e. The zero-order chi connectivity index (χ0) is 11.3. The van der Waals surface area contributed by atoms with Crippen LogP contribution in [0, 0.1) is 6.92 Å². The SMILES string of the molecule is CCc1c(C)n2nc(C3CC3)nc2[nH]c1=O. The lowest BCUT2D eigenvalue weighted by molar-refractivity contribution is 0.821. The van der Waals surface area contributed by atoms with Crippen molar-refractivity contribution in [3.8, 4) is 0 Å². The van der Waals surface area contributed by atoms with Crippen molar-refractivity contribution in [3.63, 3.8) is 0 Å². The van der Waals surface area contributed by atoms with Crippen LogP contribution in [0.1, 0.15) is 42.8 Å². The van der Waals surface area contributed by atoms with Gasteiger partial charge in [0.1, 0.15) is 0 Å². The van der Waals surface area contributed by atoms with Crippen molar-refractivity contribution in [3.05, 3.63) is 27.4 Å². The van der Waals surface area contributed by atoms with Gasteiger partial charge in [-0.1, -0.05) is 6.92 Å².